The third-order valence-electron chi connectivity index (χ3n) is 6.27. The monoisotopic (exact) mass is 474 g/mol. The van der Waals surface area contributed by atoms with Crippen molar-refractivity contribution in [2.45, 2.75) is 19.8 Å². The van der Waals surface area contributed by atoms with Crippen molar-refractivity contribution in [2.24, 2.45) is 18.9 Å². The molecule has 1 aliphatic carbocycles. The summed E-state index contributed by atoms with van der Waals surface area (Å²) in [5, 5.41) is 14.8. The number of aromatic nitrogens is 2. The summed E-state index contributed by atoms with van der Waals surface area (Å²) in [6.07, 6.45) is 4.21. The zero-order valence-electron chi connectivity index (χ0n) is 19.4. The van der Waals surface area contributed by atoms with Gasteiger partial charge in [-0.15, -0.1) is 0 Å². The van der Waals surface area contributed by atoms with Crippen LogP contribution in [-0.2, 0) is 16.6 Å². The van der Waals surface area contributed by atoms with Crippen molar-refractivity contribution >= 4 is 29.2 Å². The van der Waals surface area contributed by atoms with E-state index in [1.54, 1.807) is 61.1 Å². The fraction of sp³-hybridized carbons (Fsp3) is 0.231. The van der Waals surface area contributed by atoms with E-state index in [-0.39, 0.29) is 16.8 Å². The molecule has 1 aliphatic rings. The van der Waals surface area contributed by atoms with Crippen LogP contribution in [0.15, 0.2) is 71.5 Å². The van der Waals surface area contributed by atoms with Gasteiger partial charge in [0.1, 0.15) is 5.69 Å². The highest BCUT2D eigenvalue weighted by Gasteiger charge is 2.34. The molecule has 2 atom stereocenters. The lowest BCUT2D eigenvalue weighted by Gasteiger charge is -2.24. The highest BCUT2D eigenvalue weighted by atomic mass is 16.4. The predicted octanol–water partition coefficient (Wildman–Crippen LogP) is 3.34. The molecule has 3 N–H and O–H groups in total. The number of carboxylic acids is 1. The van der Waals surface area contributed by atoms with Gasteiger partial charge in [-0.05, 0) is 50.1 Å². The summed E-state index contributed by atoms with van der Waals surface area (Å²) >= 11 is 0. The van der Waals surface area contributed by atoms with Crippen molar-refractivity contribution in [1.29, 1.82) is 0 Å². The Morgan fingerprint density at radius 1 is 0.943 bits per heavy atom. The SMILES string of the molecule is Cc1c(NC(=O)c2cccc(NC(=O)[C@@H]3CC=CC[C@@H]3C(=O)O)c2)c(=O)n(-c2ccccc2)n1C. The second kappa shape index (κ2) is 9.84. The number of benzene rings is 2. The lowest BCUT2D eigenvalue weighted by molar-refractivity contribution is -0.146. The molecule has 1 heterocycles. The van der Waals surface area contributed by atoms with E-state index in [4.69, 9.17) is 0 Å². The van der Waals surface area contributed by atoms with Crippen LogP contribution < -0.4 is 16.2 Å². The largest absolute Gasteiger partial charge is 0.481 e. The van der Waals surface area contributed by atoms with Gasteiger partial charge in [0.2, 0.25) is 5.91 Å². The molecule has 4 rings (SSSR count). The average molecular weight is 475 g/mol. The average Bonchev–Trinajstić information content (AvgIpc) is 3.07. The van der Waals surface area contributed by atoms with Gasteiger partial charge in [0.25, 0.3) is 11.5 Å². The van der Waals surface area contributed by atoms with E-state index >= 15 is 0 Å². The Morgan fingerprint density at radius 2 is 1.63 bits per heavy atom. The van der Waals surface area contributed by atoms with Crippen LogP contribution in [0, 0.1) is 18.8 Å². The molecule has 0 unspecified atom stereocenters. The fourth-order valence-electron chi connectivity index (χ4n) is 4.25. The summed E-state index contributed by atoms with van der Waals surface area (Å²) in [4.78, 5) is 50.3. The van der Waals surface area contributed by atoms with Crippen LogP contribution in [0.4, 0.5) is 11.4 Å². The summed E-state index contributed by atoms with van der Waals surface area (Å²) in [7, 11) is 1.74. The minimum atomic E-state index is -1.01. The molecule has 9 heteroatoms. The van der Waals surface area contributed by atoms with Crippen LogP contribution in [0.25, 0.3) is 5.69 Å². The molecule has 3 aromatic rings. The number of amides is 2. The highest BCUT2D eigenvalue weighted by molar-refractivity contribution is 6.05. The molecule has 0 saturated carbocycles. The van der Waals surface area contributed by atoms with Crippen LogP contribution >= 0.6 is 0 Å². The third kappa shape index (κ3) is 4.79. The molecule has 0 saturated heterocycles. The van der Waals surface area contributed by atoms with E-state index in [9.17, 15) is 24.3 Å². The van der Waals surface area contributed by atoms with Gasteiger partial charge >= 0.3 is 5.97 Å². The summed E-state index contributed by atoms with van der Waals surface area (Å²) in [5.41, 5.74) is 1.67. The number of hydrogen-bond acceptors (Lipinski definition) is 4. The second-order valence-electron chi connectivity index (χ2n) is 8.45. The predicted molar refractivity (Wildman–Crippen MR) is 132 cm³/mol. The normalized spacial score (nSPS) is 17.1. The number of para-hydroxylation sites is 1. The van der Waals surface area contributed by atoms with E-state index in [1.165, 1.54) is 10.7 Å². The molecule has 35 heavy (non-hydrogen) atoms. The van der Waals surface area contributed by atoms with Gasteiger partial charge in [-0.25, -0.2) is 4.68 Å². The van der Waals surface area contributed by atoms with Gasteiger partial charge in [-0.2, -0.15) is 0 Å². The summed E-state index contributed by atoms with van der Waals surface area (Å²) in [6.45, 7) is 1.74. The molecule has 0 spiro atoms. The number of carboxylic acid groups (broad SMARTS) is 1. The van der Waals surface area contributed by atoms with Crippen molar-refractivity contribution in [3.63, 3.8) is 0 Å². The van der Waals surface area contributed by atoms with Crippen LogP contribution in [-0.4, -0.2) is 32.3 Å². The molecule has 0 fully saturated rings. The van der Waals surface area contributed by atoms with Gasteiger partial charge in [-0.1, -0.05) is 36.4 Å². The van der Waals surface area contributed by atoms with Crippen molar-refractivity contribution in [2.75, 3.05) is 10.6 Å². The third-order valence-corrected chi connectivity index (χ3v) is 6.27. The standard InChI is InChI=1S/C26H26N4O5/c1-16-22(25(33)30(29(16)2)19-11-4-3-5-12-19)28-23(31)17-9-8-10-18(15-17)27-24(32)20-13-6-7-14-21(20)26(34)35/h3-12,15,20-21H,13-14H2,1-2H3,(H,27,32)(H,28,31)(H,34,35)/t20-,21+/m1/s1. The first-order valence-electron chi connectivity index (χ1n) is 11.2. The van der Waals surface area contributed by atoms with Crippen LogP contribution in [0.2, 0.25) is 0 Å². The Labute approximate surface area is 201 Å². The van der Waals surface area contributed by atoms with Gasteiger partial charge < -0.3 is 15.7 Å². The summed E-state index contributed by atoms with van der Waals surface area (Å²) in [6, 6.07) is 15.4. The van der Waals surface area contributed by atoms with E-state index in [0.717, 1.165) is 0 Å². The number of carbonyl (C=O) groups is 3. The molecule has 0 radical (unpaired) electrons. The zero-order chi connectivity index (χ0) is 25.1. The smallest absolute Gasteiger partial charge is 0.307 e. The minimum Gasteiger partial charge on any atom is -0.481 e. The molecule has 2 amide bonds. The molecule has 1 aromatic heterocycles. The quantitative estimate of drug-likeness (QED) is 0.473. The summed E-state index contributed by atoms with van der Waals surface area (Å²) < 4.78 is 3.14. The number of anilines is 2. The first-order chi connectivity index (χ1) is 16.8. The Hall–Kier alpha value is -4.40. The topological polar surface area (TPSA) is 122 Å². The molecule has 0 aliphatic heterocycles. The van der Waals surface area contributed by atoms with Crippen LogP contribution in [0.3, 0.4) is 0 Å². The van der Waals surface area contributed by atoms with Gasteiger partial charge in [0.15, 0.2) is 0 Å². The van der Waals surface area contributed by atoms with E-state index < -0.39 is 29.6 Å². The zero-order valence-corrected chi connectivity index (χ0v) is 19.4. The maximum atomic E-state index is 13.1. The number of nitrogens with one attached hydrogen (secondary N) is 2. The van der Waals surface area contributed by atoms with Crippen molar-refractivity contribution in [3.05, 3.63) is 88.4 Å². The number of rotatable bonds is 6. The number of allylic oxidation sites excluding steroid dienone is 2. The maximum absolute atomic E-state index is 13.1. The number of aliphatic carboxylic acids is 1. The second-order valence-corrected chi connectivity index (χ2v) is 8.45. The first kappa shape index (κ1) is 23.7. The van der Waals surface area contributed by atoms with Crippen LogP contribution in [0.1, 0.15) is 28.9 Å². The van der Waals surface area contributed by atoms with Gasteiger partial charge in [-0.3, -0.25) is 23.9 Å². The van der Waals surface area contributed by atoms with Crippen molar-refractivity contribution in [3.8, 4) is 5.69 Å². The van der Waals surface area contributed by atoms with E-state index in [2.05, 4.69) is 10.6 Å². The van der Waals surface area contributed by atoms with Crippen molar-refractivity contribution < 1.29 is 19.5 Å². The molecular weight excluding hydrogens is 448 g/mol. The lowest BCUT2D eigenvalue weighted by Crippen LogP contribution is -2.34. The molecule has 0 bridgehead atoms. The number of nitrogens with zero attached hydrogens (tertiary/aromatic N) is 2. The Morgan fingerprint density at radius 3 is 2.31 bits per heavy atom. The fourth-order valence-corrected chi connectivity index (χ4v) is 4.25. The van der Waals surface area contributed by atoms with Gasteiger partial charge in [0, 0.05) is 18.3 Å². The Kier molecular flexibility index (Phi) is 6.68. The summed E-state index contributed by atoms with van der Waals surface area (Å²) in [5.74, 6) is -3.42. The van der Waals surface area contributed by atoms with E-state index in [0.29, 0.717) is 29.9 Å². The lowest BCUT2D eigenvalue weighted by atomic mass is 9.82. The Balaban J connectivity index is 1.53. The first-order valence-corrected chi connectivity index (χ1v) is 11.2. The van der Waals surface area contributed by atoms with Crippen molar-refractivity contribution in [1.82, 2.24) is 9.36 Å². The van der Waals surface area contributed by atoms with Crippen LogP contribution in [0.5, 0.6) is 0 Å². The molecular formula is C26H26N4O5. The van der Waals surface area contributed by atoms with Gasteiger partial charge in [0.05, 0.1) is 23.2 Å². The highest BCUT2D eigenvalue weighted by Crippen LogP contribution is 2.27. The number of hydrogen-bond donors (Lipinski definition) is 3. The Bertz CT molecular complexity index is 1370. The number of carbonyl (C=O) groups excluding carboxylic acids is 2. The molecule has 2 aromatic carbocycles. The maximum Gasteiger partial charge on any atom is 0.307 e. The molecule has 9 nitrogen and oxygen atoms in total. The minimum absolute atomic E-state index is 0.161. The molecule has 180 valence electrons. The van der Waals surface area contributed by atoms with E-state index in [1.807, 2.05) is 18.2 Å².